The van der Waals surface area contributed by atoms with Crippen LogP contribution >= 0.6 is 0 Å². The van der Waals surface area contributed by atoms with E-state index < -0.39 is 0 Å². The Labute approximate surface area is 213 Å². The Bertz CT molecular complexity index is 1380. The maximum atomic E-state index is 10.7. The Morgan fingerprint density at radius 2 is 1.03 bits per heavy atom. The molecule has 2 atom stereocenters. The van der Waals surface area contributed by atoms with E-state index in [2.05, 4.69) is 65.8 Å². The van der Waals surface area contributed by atoms with E-state index >= 15 is 0 Å². The zero-order chi connectivity index (χ0) is 26.2. The number of fused-ring (bicyclic) bond motifs is 2. The van der Waals surface area contributed by atoms with Crippen molar-refractivity contribution >= 4 is 44.1 Å². The Balaban J connectivity index is 1.99. The fraction of sp³-hybridized carbons (Fsp3) is 0.467. The molecule has 0 radical (unpaired) electrons. The third-order valence-electron chi connectivity index (χ3n) is 8.32. The highest BCUT2D eigenvalue weighted by atomic mass is 16.5. The zero-order valence-electron chi connectivity index (χ0n) is 22.4. The van der Waals surface area contributed by atoms with E-state index in [4.69, 9.17) is 11.5 Å². The number of nitrogens with zero attached hydrogens (tertiary/aromatic N) is 2. The quantitative estimate of drug-likeness (QED) is 0.269. The van der Waals surface area contributed by atoms with Crippen molar-refractivity contribution in [2.45, 2.75) is 90.4 Å². The van der Waals surface area contributed by atoms with Crippen molar-refractivity contribution in [1.29, 1.82) is 0 Å². The number of piperidine rings is 2. The van der Waals surface area contributed by atoms with E-state index in [1.807, 2.05) is 12.1 Å². The van der Waals surface area contributed by atoms with E-state index in [0.29, 0.717) is 0 Å². The van der Waals surface area contributed by atoms with Crippen LogP contribution in [-0.4, -0.2) is 43.7 Å². The minimum absolute atomic E-state index is 0.00766. The highest BCUT2D eigenvalue weighted by molar-refractivity contribution is 6.04. The van der Waals surface area contributed by atoms with Crippen LogP contribution in [0.3, 0.4) is 0 Å². The molecule has 2 aliphatic rings. The molecule has 2 heterocycles. The molecule has 2 aliphatic heterocycles. The predicted octanol–water partition coefficient (Wildman–Crippen LogP) is 4.76. The van der Waals surface area contributed by atoms with Gasteiger partial charge in [0.05, 0.1) is 0 Å². The summed E-state index contributed by atoms with van der Waals surface area (Å²) in [5.41, 5.74) is 16.2. The van der Waals surface area contributed by atoms with Crippen LogP contribution in [0.15, 0.2) is 36.4 Å². The standard InChI is InChI=1S/C30H40N4O2/c1-17-11-19(15-29(3,4)33(17)35)27-23-9-7-22(32)14-26(23)28(24-10-8-21(31)13-25(24)27)20-12-18(2)34(36)30(5,6)16-20/h7-10,13-14,17-18,35-36H,11-12,15-16,31-32H2,1-6H3/b27-19-,28-20-. The summed E-state index contributed by atoms with van der Waals surface area (Å²) in [6.07, 6.45) is 3.08. The lowest BCUT2D eigenvalue weighted by molar-refractivity contribution is -0.193. The van der Waals surface area contributed by atoms with E-state index in [1.54, 1.807) is 0 Å². The molecule has 6 nitrogen and oxygen atoms in total. The number of benzene rings is 3. The molecule has 0 bridgehead atoms. The molecule has 6 N–H and O–H groups in total. The minimum atomic E-state index is -0.374. The van der Waals surface area contributed by atoms with Crippen LogP contribution in [0, 0.1) is 0 Å². The molecule has 0 aromatic heterocycles. The molecule has 3 aromatic carbocycles. The number of hydroxylamine groups is 4. The van der Waals surface area contributed by atoms with Gasteiger partial charge in [0.1, 0.15) is 0 Å². The first-order valence-corrected chi connectivity index (χ1v) is 13.0. The van der Waals surface area contributed by atoms with Crippen LogP contribution in [0.5, 0.6) is 0 Å². The van der Waals surface area contributed by atoms with E-state index in [0.717, 1.165) is 47.8 Å². The van der Waals surface area contributed by atoms with Gasteiger partial charge in [0.2, 0.25) is 0 Å². The molecule has 0 spiro atoms. The molecule has 6 heteroatoms. The summed E-state index contributed by atoms with van der Waals surface area (Å²) in [6.45, 7) is 12.5. The van der Waals surface area contributed by atoms with Gasteiger partial charge in [-0.15, -0.1) is 0 Å². The molecule has 192 valence electrons. The molecular weight excluding hydrogens is 448 g/mol. The van der Waals surface area contributed by atoms with Gasteiger partial charge in [-0.05, 0) is 123 Å². The van der Waals surface area contributed by atoms with Gasteiger partial charge in [-0.3, -0.25) is 0 Å². The molecular formula is C30H40N4O2. The van der Waals surface area contributed by atoms with Crippen LogP contribution in [0.4, 0.5) is 11.4 Å². The Kier molecular flexibility index (Phi) is 5.88. The number of rotatable bonds is 0. The molecule has 2 saturated heterocycles. The van der Waals surface area contributed by atoms with Crippen molar-refractivity contribution < 1.29 is 10.4 Å². The summed E-state index contributed by atoms with van der Waals surface area (Å²) in [5, 5.41) is 31.6. The lowest BCUT2D eigenvalue weighted by Gasteiger charge is -2.44. The van der Waals surface area contributed by atoms with Crippen LogP contribution < -0.4 is 21.9 Å². The summed E-state index contributed by atoms with van der Waals surface area (Å²) in [7, 11) is 0. The maximum absolute atomic E-state index is 10.7. The van der Waals surface area contributed by atoms with Gasteiger partial charge in [-0.2, -0.15) is 10.1 Å². The van der Waals surface area contributed by atoms with Crippen LogP contribution in [0.2, 0.25) is 0 Å². The van der Waals surface area contributed by atoms with E-state index in [-0.39, 0.29) is 23.2 Å². The van der Waals surface area contributed by atoms with Gasteiger partial charge >= 0.3 is 0 Å². The monoisotopic (exact) mass is 488 g/mol. The molecule has 2 fully saturated rings. The van der Waals surface area contributed by atoms with Crippen molar-refractivity contribution in [2.24, 2.45) is 0 Å². The maximum Gasteiger partial charge on any atom is 0.0444 e. The van der Waals surface area contributed by atoms with Crippen LogP contribution in [-0.2, 0) is 0 Å². The Morgan fingerprint density at radius 1 is 0.667 bits per heavy atom. The Morgan fingerprint density at radius 3 is 1.36 bits per heavy atom. The highest BCUT2D eigenvalue weighted by Gasteiger charge is 2.38. The fourth-order valence-corrected chi connectivity index (χ4v) is 6.84. The second-order valence-electron chi connectivity index (χ2n) is 12.3. The van der Waals surface area contributed by atoms with Crippen LogP contribution in [0.1, 0.15) is 67.2 Å². The van der Waals surface area contributed by atoms with Crippen LogP contribution in [0.25, 0.3) is 32.7 Å². The van der Waals surface area contributed by atoms with Crippen molar-refractivity contribution in [1.82, 2.24) is 10.1 Å². The SMILES string of the molecule is CC1C/C(=c2\c3ccc(N)cc3/c(=C3/CC(C)N(O)C(C)(C)C3)c3ccc(N)cc23)CC(C)(C)N1O. The fourth-order valence-electron chi connectivity index (χ4n) is 6.84. The van der Waals surface area contributed by atoms with Gasteiger partial charge < -0.3 is 21.9 Å². The highest BCUT2D eigenvalue weighted by Crippen LogP contribution is 2.37. The summed E-state index contributed by atoms with van der Waals surface area (Å²) in [5.74, 6) is 0. The summed E-state index contributed by atoms with van der Waals surface area (Å²) < 4.78 is 0. The number of nitrogens with two attached hydrogens (primary N) is 2. The van der Waals surface area contributed by atoms with Crippen molar-refractivity contribution in [2.75, 3.05) is 11.5 Å². The largest absolute Gasteiger partial charge is 0.399 e. The third kappa shape index (κ3) is 3.97. The van der Waals surface area contributed by atoms with Gasteiger partial charge in [0.15, 0.2) is 0 Å². The van der Waals surface area contributed by atoms with Crippen molar-refractivity contribution in [3.05, 3.63) is 46.8 Å². The second kappa shape index (κ2) is 8.45. The Hall–Kier alpha value is -2.64. The number of hydrogen-bond donors (Lipinski definition) is 4. The predicted molar refractivity (Wildman–Crippen MR) is 149 cm³/mol. The summed E-state index contributed by atoms with van der Waals surface area (Å²) >= 11 is 0. The minimum Gasteiger partial charge on any atom is -0.399 e. The average molecular weight is 489 g/mol. The van der Waals surface area contributed by atoms with Crippen molar-refractivity contribution in [3.8, 4) is 0 Å². The molecule has 0 amide bonds. The number of nitrogen functional groups attached to an aromatic ring is 2. The summed E-state index contributed by atoms with van der Waals surface area (Å²) in [4.78, 5) is 0. The topological polar surface area (TPSA) is 99.0 Å². The second-order valence-corrected chi connectivity index (χ2v) is 12.3. The van der Waals surface area contributed by atoms with E-state index in [9.17, 15) is 10.4 Å². The van der Waals surface area contributed by atoms with Gasteiger partial charge in [0.25, 0.3) is 0 Å². The summed E-state index contributed by atoms with van der Waals surface area (Å²) in [6, 6.07) is 12.5. The van der Waals surface area contributed by atoms with Gasteiger partial charge in [-0.1, -0.05) is 23.3 Å². The molecule has 0 aliphatic carbocycles. The zero-order valence-corrected chi connectivity index (χ0v) is 22.4. The lowest BCUT2D eigenvalue weighted by atomic mass is 9.80. The average Bonchev–Trinajstić information content (AvgIpc) is 2.78. The normalized spacial score (nSPS) is 28.1. The lowest BCUT2D eigenvalue weighted by Crippen LogP contribution is -2.51. The number of hydrogen-bond acceptors (Lipinski definition) is 6. The molecule has 3 aromatic rings. The van der Waals surface area contributed by atoms with Crippen molar-refractivity contribution in [3.63, 3.8) is 0 Å². The van der Waals surface area contributed by atoms with E-state index in [1.165, 1.54) is 42.5 Å². The van der Waals surface area contributed by atoms with Gasteiger partial charge in [0, 0.05) is 34.5 Å². The number of anilines is 2. The molecule has 0 saturated carbocycles. The molecule has 36 heavy (non-hydrogen) atoms. The smallest absolute Gasteiger partial charge is 0.0444 e. The first kappa shape index (κ1) is 25.0. The first-order valence-electron chi connectivity index (χ1n) is 13.0. The van der Waals surface area contributed by atoms with Gasteiger partial charge in [-0.25, -0.2) is 0 Å². The molecule has 2 unspecified atom stereocenters. The first-order chi connectivity index (χ1) is 16.8. The third-order valence-corrected chi connectivity index (χ3v) is 8.32. The molecule has 5 rings (SSSR count).